The SMILES string of the molecule is N#CCCCCS(=O)(=O)CCCN. The first kappa shape index (κ1) is 12.4. The topological polar surface area (TPSA) is 84.0 Å². The highest BCUT2D eigenvalue weighted by Crippen LogP contribution is 2.01. The zero-order chi connectivity index (χ0) is 10.2. The van der Waals surface area contributed by atoms with Gasteiger partial charge in [0.1, 0.15) is 9.84 Å². The molecule has 0 aromatic heterocycles. The maximum Gasteiger partial charge on any atom is 0.150 e. The van der Waals surface area contributed by atoms with Crippen LogP contribution in [0.4, 0.5) is 0 Å². The van der Waals surface area contributed by atoms with Crippen molar-refractivity contribution in [2.75, 3.05) is 18.1 Å². The normalized spacial score (nSPS) is 11.1. The summed E-state index contributed by atoms with van der Waals surface area (Å²) in [4.78, 5) is 0. The molecule has 0 saturated heterocycles. The number of nitrogens with zero attached hydrogens (tertiary/aromatic N) is 1. The van der Waals surface area contributed by atoms with Gasteiger partial charge in [0.25, 0.3) is 0 Å². The average Bonchev–Trinajstić information content (AvgIpc) is 2.09. The molecule has 0 fully saturated rings. The standard InChI is InChI=1S/C8H16N2O2S/c9-5-2-1-3-7-13(11,12)8-4-6-10/h1-4,6-8,10H2. The van der Waals surface area contributed by atoms with E-state index in [-0.39, 0.29) is 11.5 Å². The number of hydrogen-bond acceptors (Lipinski definition) is 4. The molecule has 13 heavy (non-hydrogen) atoms. The zero-order valence-corrected chi connectivity index (χ0v) is 8.52. The monoisotopic (exact) mass is 204 g/mol. The van der Waals surface area contributed by atoms with E-state index in [4.69, 9.17) is 11.0 Å². The van der Waals surface area contributed by atoms with E-state index in [1.165, 1.54) is 0 Å². The van der Waals surface area contributed by atoms with Crippen LogP contribution in [0.2, 0.25) is 0 Å². The molecule has 0 radical (unpaired) electrons. The van der Waals surface area contributed by atoms with Crippen molar-refractivity contribution >= 4 is 9.84 Å². The van der Waals surface area contributed by atoms with Crippen LogP contribution in [-0.4, -0.2) is 26.5 Å². The van der Waals surface area contributed by atoms with Crippen LogP contribution < -0.4 is 5.73 Å². The fourth-order valence-electron chi connectivity index (χ4n) is 0.931. The van der Waals surface area contributed by atoms with Crippen LogP contribution in [0.25, 0.3) is 0 Å². The van der Waals surface area contributed by atoms with Gasteiger partial charge in [-0.05, 0) is 25.8 Å². The van der Waals surface area contributed by atoms with Gasteiger partial charge in [-0.15, -0.1) is 0 Å². The summed E-state index contributed by atoms with van der Waals surface area (Å²) in [6, 6.07) is 1.98. The molecule has 0 amide bonds. The third-order valence-electron chi connectivity index (χ3n) is 1.65. The highest BCUT2D eigenvalue weighted by molar-refractivity contribution is 7.91. The Hall–Kier alpha value is -0.600. The first-order valence-electron chi connectivity index (χ1n) is 4.40. The van der Waals surface area contributed by atoms with E-state index in [0.717, 1.165) is 0 Å². The Morgan fingerprint density at radius 3 is 2.31 bits per heavy atom. The first-order valence-corrected chi connectivity index (χ1v) is 6.22. The molecule has 0 rings (SSSR count). The minimum Gasteiger partial charge on any atom is -0.330 e. The average molecular weight is 204 g/mol. The smallest absolute Gasteiger partial charge is 0.150 e. The minimum absolute atomic E-state index is 0.177. The van der Waals surface area contributed by atoms with E-state index in [9.17, 15) is 8.42 Å². The molecule has 2 N–H and O–H groups in total. The van der Waals surface area contributed by atoms with Crippen molar-refractivity contribution in [2.45, 2.75) is 25.7 Å². The summed E-state index contributed by atoms with van der Waals surface area (Å²) in [6.45, 7) is 0.414. The summed E-state index contributed by atoms with van der Waals surface area (Å²) in [6.07, 6.45) is 2.21. The summed E-state index contributed by atoms with van der Waals surface area (Å²) in [5, 5.41) is 8.22. The van der Waals surface area contributed by atoms with Gasteiger partial charge in [0.2, 0.25) is 0 Å². The summed E-state index contributed by atoms with van der Waals surface area (Å²) >= 11 is 0. The van der Waals surface area contributed by atoms with E-state index >= 15 is 0 Å². The summed E-state index contributed by atoms with van der Waals surface area (Å²) in [7, 11) is -2.91. The number of sulfone groups is 1. The summed E-state index contributed by atoms with van der Waals surface area (Å²) in [5.74, 6) is 0.366. The second kappa shape index (κ2) is 6.87. The van der Waals surface area contributed by atoms with Gasteiger partial charge >= 0.3 is 0 Å². The molecular weight excluding hydrogens is 188 g/mol. The van der Waals surface area contributed by atoms with Crippen molar-refractivity contribution in [1.29, 1.82) is 5.26 Å². The van der Waals surface area contributed by atoms with Gasteiger partial charge in [-0.25, -0.2) is 8.42 Å². The number of hydrogen-bond donors (Lipinski definition) is 1. The minimum atomic E-state index is -2.91. The van der Waals surface area contributed by atoms with E-state index < -0.39 is 9.84 Å². The highest BCUT2D eigenvalue weighted by atomic mass is 32.2. The predicted octanol–water partition coefficient (Wildman–Crippen LogP) is 0.444. The van der Waals surface area contributed by atoms with E-state index in [1.54, 1.807) is 0 Å². The molecule has 4 nitrogen and oxygen atoms in total. The van der Waals surface area contributed by atoms with Crippen LogP contribution in [0, 0.1) is 11.3 Å². The zero-order valence-electron chi connectivity index (χ0n) is 7.70. The molecule has 0 atom stereocenters. The highest BCUT2D eigenvalue weighted by Gasteiger charge is 2.08. The quantitative estimate of drug-likeness (QED) is 0.610. The van der Waals surface area contributed by atoms with Crippen molar-refractivity contribution < 1.29 is 8.42 Å². The molecule has 76 valence electrons. The van der Waals surface area contributed by atoms with Gasteiger partial charge in [0.05, 0.1) is 17.6 Å². The second-order valence-electron chi connectivity index (χ2n) is 2.91. The first-order chi connectivity index (χ1) is 6.12. The molecule has 0 aliphatic heterocycles. The van der Waals surface area contributed by atoms with Gasteiger partial charge in [0, 0.05) is 6.42 Å². The van der Waals surface area contributed by atoms with Crippen LogP contribution in [0.15, 0.2) is 0 Å². The number of nitriles is 1. The van der Waals surface area contributed by atoms with Crippen molar-refractivity contribution in [3.63, 3.8) is 0 Å². The molecular formula is C8H16N2O2S. The molecule has 0 saturated carbocycles. The maximum absolute atomic E-state index is 11.2. The van der Waals surface area contributed by atoms with Crippen molar-refractivity contribution in [2.24, 2.45) is 5.73 Å². The summed E-state index contributed by atoms with van der Waals surface area (Å²) in [5.41, 5.74) is 5.20. The molecule has 0 spiro atoms. The molecule has 0 aromatic carbocycles. The Kier molecular flexibility index (Phi) is 6.55. The lowest BCUT2D eigenvalue weighted by atomic mass is 10.3. The van der Waals surface area contributed by atoms with Crippen molar-refractivity contribution in [1.82, 2.24) is 0 Å². The number of rotatable bonds is 7. The molecule has 0 bridgehead atoms. The Balaban J connectivity index is 3.59. The van der Waals surface area contributed by atoms with Crippen LogP contribution in [0.1, 0.15) is 25.7 Å². The lowest BCUT2D eigenvalue weighted by molar-refractivity contribution is 0.589. The lowest BCUT2D eigenvalue weighted by Crippen LogP contribution is -2.14. The fraction of sp³-hybridized carbons (Fsp3) is 0.875. The van der Waals surface area contributed by atoms with Gasteiger partial charge in [0.15, 0.2) is 0 Å². The van der Waals surface area contributed by atoms with Crippen LogP contribution in [-0.2, 0) is 9.84 Å². The van der Waals surface area contributed by atoms with Gasteiger partial charge in [-0.3, -0.25) is 0 Å². The van der Waals surface area contributed by atoms with Crippen LogP contribution in [0.3, 0.4) is 0 Å². The van der Waals surface area contributed by atoms with E-state index in [0.29, 0.717) is 32.2 Å². The van der Waals surface area contributed by atoms with Crippen LogP contribution >= 0.6 is 0 Å². The Morgan fingerprint density at radius 2 is 1.77 bits per heavy atom. The van der Waals surface area contributed by atoms with Gasteiger partial charge < -0.3 is 5.73 Å². The molecule has 0 unspecified atom stereocenters. The molecule has 0 heterocycles. The van der Waals surface area contributed by atoms with Crippen molar-refractivity contribution in [3.8, 4) is 6.07 Å². The molecule has 0 aromatic rings. The van der Waals surface area contributed by atoms with E-state index in [2.05, 4.69) is 0 Å². The predicted molar refractivity (Wildman–Crippen MR) is 51.8 cm³/mol. The third kappa shape index (κ3) is 7.75. The number of nitrogens with two attached hydrogens (primary N) is 1. The maximum atomic E-state index is 11.2. The molecule has 0 aliphatic rings. The van der Waals surface area contributed by atoms with E-state index in [1.807, 2.05) is 6.07 Å². The molecule has 5 heteroatoms. The largest absolute Gasteiger partial charge is 0.330 e. The third-order valence-corrected chi connectivity index (χ3v) is 3.47. The van der Waals surface area contributed by atoms with Crippen molar-refractivity contribution in [3.05, 3.63) is 0 Å². The molecule has 0 aliphatic carbocycles. The Morgan fingerprint density at radius 1 is 1.15 bits per heavy atom. The van der Waals surface area contributed by atoms with Crippen LogP contribution in [0.5, 0.6) is 0 Å². The fourth-order valence-corrected chi connectivity index (χ4v) is 2.39. The van der Waals surface area contributed by atoms with Gasteiger partial charge in [-0.2, -0.15) is 5.26 Å². The second-order valence-corrected chi connectivity index (χ2v) is 5.21. The number of unbranched alkanes of at least 4 members (excludes halogenated alkanes) is 2. The Labute approximate surface area is 79.7 Å². The lowest BCUT2D eigenvalue weighted by Gasteiger charge is -2.01. The Bertz CT molecular complexity index is 254. The van der Waals surface area contributed by atoms with Gasteiger partial charge in [-0.1, -0.05) is 0 Å². The summed E-state index contributed by atoms with van der Waals surface area (Å²) < 4.78 is 22.4.